The molecule has 6 rings (SSSR count). The lowest BCUT2D eigenvalue weighted by Crippen LogP contribution is -2.40. The molecule has 61 heavy (non-hydrogen) atoms. The largest absolute Gasteiger partial charge is 0.445 e. The smallest absolute Gasteiger partial charge is 0.408 e. The molecule has 0 radical (unpaired) electrons. The summed E-state index contributed by atoms with van der Waals surface area (Å²) >= 11 is 0. The van der Waals surface area contributed by atoms with Crippen LogP contribution in [0, 0.1) is 35.1 Å². The van der Waals surface area contributed by atoms with E-state index in [2.05, 4.69) is 17.2 Å². The Morgan fingerprint density at radius 3 is 1.48 bits per heavy atom. The molecule has 2 unspecified atom stereocenters. The van der Waals surface area contributed by atoms with Crippen LogP contribution in [0.1, 0.15) is 55.4 Å². The highest BCUT2D eigenvalue weighted by molar-refractivity contribution is 7.60. The number of ether oxygens (including phenoxy) is 2. The molecule has 4 aromatic rings. The Balaban J connectivity index is 0.000000231. The normalized spacial score (nSPS) is 22.0. The van der Waals surface area contributed by atoms with Gasteiger partial charge in [0.2, 0.25) is 14.7 Å². The van der Waals surface area contributed by atoms with Crippen LogP contribution < -0.4 is 10.6 Å². The maximum Gasteiger partial charge on any atom is 0.408 e. The van der Waals surface area contributed by atoms with Crippen LogP contribution in [0.25, 0.3) is 0 Å². The molecule has 0 spiro atoms. The molecule has 2 amide bonds. The monoisotopic (exact) mass is 888 g/mol. The van der Waals surface area contributed by atoms with Crippen molar-refractivity contribution in [3.8, 4) is 0 Å². The number of carbonyl (C=O) groups excluding carboxylic acids is 2. The molecular formula is C44H50F4N2O9P2. The van der Waals surface area contributed by atoms with Gasteiger partial charge in [0.25, 0.3) is 0 Å². The van der Waals surface area contributed by atoms with E-state index in [4.69, 9.17) is 18.5 Å². The van der Waals surface area contributed by atoms with Gasteiger partial charge in [-0.15, -0.1) is 6.58 Å². The molecule has 3 N–H and O–H groups in total. The number of rotatable bonds is 19. The van der Waals surface area contributed by atoms with Crippen LogP contribution in [-0.2, 0) is 53.2 Å². The Kier molecular flexibility index (Phi) is 16.2. The summed E-state index contributed by atoms with van der Waals surface area (Å²) < 4.78 is 107. The van der Waals surface area contributed by atoms with Gasteiger partial charge in [-0.25, -0.2) is 27.2 Å². The van der Waals surface area contributed by atoms with Gasteiger partial charge in [0, 0.05) is 23.7 Å². The first-order chi connectivity index (χ1) is 29.2. The zero-order valence-electron chi connectivity index (χ0n) is 33.9. The molecule has 2 fully saturated rings. The third kappa shape index (κ3) is 11.2. The molecular weight excluding hydrogens is 838 g/mol. The summed E-state index contributed by atoms with van der Waals surface area (Å²) in [4.78, 5) is 25.0. The molecule has 0 aliphatic heterocycles. The van der Waals surface area contributed by atoms with E-state index in [1.54, 1.807) is 44.2 Å². The molecule has 328 valence electrons. The van der Waals surface area contributed by atoms with Crippen LogP contribution >= 0.6 is 14.7 Å². The molecule has 0 heterocycles. The average Bonchev–Trinajstić information content (AvgIpc) is 4.15. The van der Waals surface area contributed by atoms with Gasteiger partial charge in [0.15, 0.2) is 0 Å². The number of nitrogens with one attached hydrogen (secondary N) is 2. The predicted octanol–water partition coefficient (Wildman–Crippen LogP) is 10.4. The Labute approximate surface area is 352 Å². The van der Waals surface area contributed by atoms with Crippen molar-refractivity contribution in [1.29, 1.82) is 0 Å². The molecule has 0 aromatic heterocycles. The number of alkyl carbamates (subject to hydrolysis) is 2. The van der Waals surface area contributed by atoms with Crippen molar-refractivity contribution in [3.05, 3.63) is 155 Å². The SMILES string of the molecule is C=C[C@@H]1C[C@]1(NC(=O)OCc1ccccc1)P(=O)(Cc1c(F)cccc1F)OCC.CCOP(=O)(Cc1c(F)cccc1F)[C@@]1(NC(=O)OCc2ccccc2)C[C@H]1CCO. The fourth-order valence-electron chi connectivity index (χ4n) is 7.32. The Morgan fingerprint density at radius 1 is 0.689 bits per heavy atom. The van der Waals surface area contributed by atoms with Crippen LogP contribution in [0.5, 0.6) is 0 Å². The van der Waals surface area contributed by atoms with Crippen molar-refractivity contribution >= 4 is 26.9 Å². The summed E-state index contributed by atoms with van der Waals surface area (Å²) in [6.45, 7) is 6.91. The Hall–Kier alpha value is -4.78. The quantitative estimate of drug-likeness (QED) is 0.0475. The van der Waals surface area contributed by atoms with Gasteiger partial charge >= 0.3 is 12.2 Å². The van der Waals surface area contributed by atoms with E-state index < -0.39 is 73.1 Å². The number of hydrogen-bond donors (Lipinski definition) is 3. The lowest BCUT2D eigenvalue weighted by molar-refractivity contribution is 0.135. The van der Waals surface area contributed by atoms with Crippen molar-refractivity contribution in [2.24, 2.45) is 11.8 Å². The van der Waals surface area contributed by atoms with Gasteiger partial charge in [-0.1, -0.05) is 78.9 Å². The molecule has 2 aliphatic rings. The second kappa shape index (κ2) is 20.9. The number of carbonyl (C=O) groups is 2. The van der Waals surface area contributed by atoms with Crippen molar-refractivity contribution in [2.45, 2.75) is 69.2 Å². The second-order valence-corrected chi connectivity index (χ2v) is 20.0. The van der Waals surface area contributed by atoms with Crippen molar-refractivity contribution in [3.63, 3.8) is 0 Å². The highest BCUT2D eigenvalue weighted by Gasteiger charge is 2.68. The number of amides is 2. The topological polar surface area (TPSA) is 149 Å². The fraction of sp³-hybridized carbons (Fsp3) is 0.364. The van der Waals surface area contributed by atoms with Gasteiger partial charge in [0.05, 0.1) is 25.5 Å². The summed E-state index contributed by atoms with van der Waals surface area (Å²) in [6, 6.07) is 24.9. The van der Waals surface area contributed by atoms with Gasteiger partial charge in [-0.3, -0.25) is 9.13 Å². The number of benzene rings is 4. The third-order valence-electron chi connectivity index (χ3n) is 10.6. The number of halogens is 4. The lowest BCUT2D eigenvalue weighted by atomic mass is 10.2. The second-order valence-electron chi connectivity index (χ2n) is 14.6. The molecule has 0 bridgehead atoms. The van der Waals surface area contributed by atoms with E-state index in [0.29, 0.717) is 0 Å². The van der Waals surface area contributed by atoms with Crippen LogP contribution in [-0.4, -0.2) is 47.7 Å². The highest BCUT2D eigenvalue weighted by Crippen LogP contribution is 2.75. The standard InChI is InChI=1S/C22H26F2NO5P.C22H24F2NO4P/c1-2-30-31(28,15-18-19(23)9-6-10-20(18)24)22(13-17(22)11-12-26)25-21(27)29-14-16-7-4-3-5-8-16;1-3-17-13-22(17,25-21(26)28-14-16-9-6-5-7-10-16)30(27,29-4-2)15-18-19(23)11-8-12-20(18)24/h3-10,17,26H,2,11-15H2,1H3,(H,25,27);3,5-12,17H,1,4,13-15H2,2H3,(H,25,26)/t17-,22+,31?;17-,22+,30?/m11/s1. The van der Waals surface area contributed by atoms with E-state index in [1.165, 1.54) is 12.1 Å². The van der Waals surface area contributed by atoms with E-state index in [0.717, 1.165) is 35.4 Å². The Morgan fingerprint density at radius 2 is 1.10 bits per heavy atom. The zero-order valence-corrected chi connectivity index (χ0v) is 35.7. The first-order valence-electron chi connectivity index (χ1n) is 19.7. The number of aliphatic hydroxyl groups is 1. The first-order valence-corrected chi connectivity index (χ1v) is 23.4. The first kappa shape index (κ1) is 47.3. The van der Waals surface area contributed by atoms with E-state index in [9.17, 15) is 41.4 Å². The zero-order chi connectivity index (χ0) is 44.3. The molecule has 0 saturated heterocycles. The third-order valence-corrected chi connectivity index (χ3v) is 17.2. The molecule has 2 aliphatic carbocycles. The van der Waals surface area contributed by atoms with E-state index in [1.807, 2.05) is 36.4 Å². The summed E-state index contributed by atoms with van der Waals surface area (Å²) in [5, 5.41) is 12.0. The van der Waals surface area contributed by atoms with Gasteiger partial charge in [0.1, 0.15) is 47.0 Å². The minimum absolute atomic E-state index is 0.00823. The predicted molar refractivity (Wildman–Crippen MR) is 222 cm³/mol. The van der Waals surface area contributed by atoms with E-state index >= 15 is 0 Å². The van der Waals surface area contributed by atoms with Gasteiger partial charge in [-0.05, 0) is 74.4 Å². The van der Waals surface area contributed by atoms with Crippen LogP contribution in [0.3, 0.4) is 0 Å². The van der Waals surface area contributed by atoms with Crippen molar-refractivity contribution in [2.75, 3.05) is 19.8 Å². The summed E-state index contributed by atoms with van der Waals surface area (Å²) in [5.41, 5.74) is 0.880. The Bertz CT molecular complexity index is 2200. The molecule has 17 heteroatoms. The van der Waals surface area contributed by atoms with E-state index in [-0.39, 0.29) is 75.3 Å². The lowest BCUT2D eigenvalue weighted by Gasteiger charge is -2.29. The summed E-state index contributed by atoms with van der Waals surface area (Å²) in [7, 11) is -7.60. The summed E-state index contributed by atoms with van der Waals surface area (Å²) in [6.07, 6.45) is -0.235. The molecule has 6 atom stereocenters. The highest BCUT2D eigenvalue weighted by atomic mass is 31.2. The maximum absolute atomic E-state index is 14.3. The summed E-state index contributed by atoms with van der Waals surface area (Å²) in [5.74, 6) is -4.02. The van der Waals surface area contributed by atoms with Gasteiger partial charge in [-0.2, -0.15) is 0 Å². The average molecular weight is 889 g/mol. The van der Waals surface area contributed by atoms with Crippen LogP contribution in [0.2, 0.25) is 0 Å². The molecule has 4 aromatic carbocycles. The minimum atomic E-state index is -3.83. The minimum Gasteiger partial charge on any atom is -0.445 e. The van der Waals surface area contributed by atoms with Crippen molar-refractivity contribution in [1.82, 2.24) is 10.6 Å². The fourth-order valence-corrected chi connectivity index (χ4v) is 13.6. The van der Waals surface area contributed by atoms with Crippen LogP contribution in [0.15, 0.2) is 110 Å². The maximum atomic E-state index is 14.3. The number of hydrogen-bond acceptors (Lipinski definition) is 9. The van der Waals surface area contributed by atoms with Crippen molar-refractivity contribution < 1.29 is 59.9 Å². The molecule has 2 saturated carbocycles. The van der Waals surface area contributed by atoms with Gasteiger partial charge < -0.3 is 34.3 Å². The molecule has 11 nitrogen and oxygen atoms in total. The number of aliphatic hydroxyl groups excluding tert-OH is 1. The van der Waals surface area contributed by atoms with Crippen LogP contribution in [0.4, 0.5) is 27.2 Å².